The molecule has 0 unspecified atom stereocenters. The number of hydrogen-bond donors (Lipinski definition) is 1. The Kier molecular flexibility index (Phi) is 6.12. The third-order valence-corrected chi connectivity index (χ3v) is 3.17. The van der Waals surface area contributed by atoms with Gasteiger partial charge in [-0.05, 0) is 24.1 Å². The van der Waals surface area contributed by atoms with Crippen LogP contribution in [0.5, 0.6) is 0 Å². The van der Waals surface area contributed by atoms with Crippen LogP contribution in [0.25, 0.3) is 6.08 Å². The molecule has 0 spiro atoms. The third kappa shape index (κ3) is 6.18. The molecule has 4 heteroatoms. The van der Waals surface area contributed by atoms with Crippen molar-refractivity contribution >= 4 is 18.0 Å². The first kappa shape index (κ1) is 16.5. The summed E-state index contributed by atoms with van der Waals surface area (Å²) in [6, 6.07) is 17.3. The molecule has 0 heterocycles. The predicted octanol–water partition coefficient (Wildman–Crippen LogP) is 2.87. The molecule has 0 aromatic heterocycles. The number of carbonyl (C=O) groups excluding carboxylic acids is 2. The van der Waals surface area contributed by atoms with Crippen LogP contribution in [0.4, 0.5) is 0 Å². The first-order valence-corrected chi connectivity index (χ1v) is 7.35. The van der Waals surface area contributed by atoms with Gasteiger partial charge in [0.15, 0.2) is 6.61 Å². The van der Waals surface area contributed by atoms with Gasteiger partial charge in [-0.1, -0.05) is 60.2 Å². The van der Waals surface area contributed by atoms with Crippen LogP contribution in [0.1, 0.15) is 16.7 Å². The van der Waals surface area contributed by atoms with Gasteiger partial charge in [0, 0.05) is 12.6 Å². The minimum atomic E-state index is -0.542. The summed E-state index contributed by atoms with van der Waals surface area (Å²) in [7, 11) is 0. The van der Waals surface area contributed by atoms with Gasteiger partial charge < -0.3 is 10.1 Å². The van der Waals surface area contributed by atoms with Crippen molar-refractivity contribution in [2.45, 2.75) is 13.5 Å². The average Bonchev–Trinajstić information content (AvgIpc) is 2.58. The van der Waals surface area contributed by atoms with Gasteiger partial charge >= 0.3 is 5.97 Å². The van der Waals surface area contributed by atoms with E-state index >= 15 is 0 Å². The molecule has 0 aliphatic carbocycles. The molecule has 0 bridgehead atoms. The zero-order valence-corrected chi connectivity index (χ0v) is 13.0. The van der Waals surface area contributed by atoms with E-state index in [1.54, 1.807) is 6.08 Å². The molecule has 2 aromatic rings. The molecule has 4 nitrogen and oxygen atoms in total. The highest BCUT2D eigenvalue weighted by molar-refractivity contribution is 5.89. The number of hydrogen-bond acceptors (Lipinski definition) is 3. The number of amides is 1. The fourth-order valence-electron chi connectivity index (χ4n) is 1.87. The molecule has 2 aromatic carbocycles. The van der Waals surface area contributed by atoms with E-state index in [1.165, 1.54) is 11.6 Å². The van der Waals surface area contributed by atoms with E-state index in [1.807, 2.05) is 61.5 Å². The standard InChI is InChI=1S/C19H19NO3/c1-15-7-9-17(10-8-15)13-20-18(21)14-23-19(22)12-11-16-5-3-2-4-6-16/h2-12H,13-14H2,1H3,(H,20,21). The van der Waals surface area contributed by atoms with Crippen molar-refractivity contribution in [2.75, 3.05) is 6.61 Å². The number of esters is 1. The maximum absolute atomic E-state index is 11.6. The quantitative estimate of drug-likeness (QED) is 0.659. The van der Waals surface area contributed by atoms with Gasteiger partial charge in [0.1, 0.15) is 0 Å². The Labute approximate surface area is 135 Å². The second kappa shape index (κ2) is 8.54. The van der Waals surface area contributed by atoms with Gasteiger partial charge in [-0.25, -0.2) is 4.79 Å². The zero-order valence-electron chi connectivity index (χ0n) is 13.0. The average molecular weight is 309 g/mol. The van der Waals surface area contributed by atoms with Crippen molar-refractivity contribution in [3.05, 3.63) is 77.4 Å². The fraction of sp³-hybridized carbons (Fsp3) is 0.158. The molecule has 118 valence electrons. The Balaban J connectivity index is 1.70. The molecule has 0 atom stereocenters. The predicted molar refractivity (Wildman–Crippen MR) is 89.5 cm³/mol. The summed E-state index contributed by atoms with van der Waals surface area (Å²) in [5.41, 5.74) is 3.06. The van der Waals surface area contributed by atoms with Crippen molar-refractivity contribution in [1.29, 1.82) is 0 Å². The van der Waals surface area contributed by atoms with Gasteiger partial charge in [0.2, 0.25) is 0 Å². The summed E-state index contributed by atoms with van der Waals surface area (Å²) < 4.78 is 4.90. The smallest absolute Gasteiger partial charge is 0.331 e. The Hall–Kier alpha value is -2.88. The molecule has 1 N–H and O–H groups in total. The summed E-state index contributed by atoms with van der Waals surface area (Å²) >= 11 is 0. The largest absolute Gasteiger partial charge is 0.452 e. The van der Waals surface area contributed by atoms with Crippen LogP contribution >= 0.6 is 0 Å². The molecule has 0 radical (unpaired) electrons. The highest BCUT2D eigenvalue weighted by atomic mass is 16.5. The highest BCUT2D eigenvalue weighted by Crippen LogP contribution is 2.03. The highest BCUT2D eigenvalue weighted by Gasteiger charge is 2.04. The van der Waals surface area contributed by atoms with E-state index in [0.29, 0.717) is 6.54 Å². The lowest BCUT2D eigenvalue weighted by Crippen LogP contribution is -2.28. The number of carbonyl (C=O) groups is 2. The van der Waals surface area contributed by atoms with E-state index in [4.69, 9.17) is 4.74 Å². The molecule has 2 rings (SSSR count). The maximum Gasteiger partial charge on any atom is 0.331 e. The number of aryl methyl sites for hydroxylation is 1. The molecule has 0 saturated heterocycles. The van der Waals surface area contributed by atoms with Crippen molar-refractivity contribution in [2.24, 2.45) is 0 Å². The SMILES string of the molecule is Cc1ccc(CNC(=O)COC(=O)C=Cc2ccccc2)cc1. The molecule has 0 saturated carbocycles. The van der Waals surface area contributed by atoms with E-state index in [0.717, 1.165) is 11.1 Å². The van der Waals surface area contributed by atoms with E-state index in [-0.39, 0.29) is 12.5 Å². The Bertz CT molecular complexity index is 676. The van der Waals surface area contributed by atoms with Crippen molar-refractivity contribution in [3.63, 3.8) is 0 Å². The summed E-state index contributed by atoms with van der Waals surface area (Å²) in [4.78, 5) is 23.2. The number of ether oxygens (including phenoxy) is 1. The minimum Gasteiger partial charge on any atom is -0.452 e. The normalized spacial score (nSPS) is 10.5. The lowest BCUT2D eigenvalue weighted by atomic mass is 10.1. The summed E-state index contributed by atoms with van der Waals surface area (Å²) in [5, 5.41) is 2.71. The van der Waals surface area contributed by atoms with Crippen molar-refractivity contribution < 1.29 is 14.3 Å². The van der Waals surface area contributed by atoms with Crippen LogP contribution < -0.4 is 5.32 Å². The van der Waals surface area contributed by atoms with Gasteiger partial charge in [0.25, 0.3) is 5.91 Å². The second-order valence-corrected chi connectivity index (χ2v) is 5.11. The van der Waals surface area contributed by atoms with Gasteiger partial charge in [-0.15, -0.1) is 0 Å². The van der Waals surface area contributed by atoms with Gasteiger partial charge in [-0.3, -0.25) is 4.79 Å². The first-order valence-electron chi connectivity index (χ1n) is 7.35. The zero-order chi connectivity index (χ0) is 16.5. The first-order chi connectivity index (χ1) is 11.1. The number of nitrogens with one attached hydrogen (secondary N) is 1. The topological polar surface area (TPSA) is 55.4 Å². The van der Waals surface area contributed by atoms with Crippen LogP contribution in [-0.2, 0) is 20.9 Å². The molecule has 1 amide bonds. The Morgan fingerprint density at radius 1 is 1.04 bits per heavy atom. The Morgan fingerprint density at radius 3 is 2.43 bits per heavy atom. The summed E-state index contributed by atoms with van der Waals surface area (Å²) in [5.74, 6) is -0.869. The minimum absolute atomic E-state index is 0.288. The molecule has 0 aliphatic rings. The summed E-state index contributed by atoms with van der Waals surface area (Å²) in [6.07, 6.45) is 2.95. The van der Waals surface area contributed by atoms with Crippen LogP contribution in [0.2, 0.25) is 0 Å². The maximum atomic E-state index is 11.6. The monoisotopic (exact) mass is 309 g/mol. The van der Waals surface area contributed by atoms with E-state index < -0.39 is 5.97 Å². The molecule has 0 fully saturated rings. The number of benzene rings is 2. The number of rotatable bonds is 6. The summed E-state index contributed by atoms with van der Waals surface area (Å²) in [6.45, 7) is 2.13. The van der Waals surface area contributed by atoms with Crippen LogP contribution in [0, 0.1) is 6.92 Å². The molecule has 0 aliphatic heterocycles. The molecular weight excluding hydrogens is 290 g/mol. The van der Waals surface area contributed by atoms with Crippen LogP contribution in [-0.4, -0.2) is 18.5 Å². The lowest BCUT2D eigenvalue weighted by molar-refractivity contribution is -0.143. The third-order valence-electron chi connectivity index (χ3n) is 3.17. The second-order valence-electron chi connectivity index (χ2n) is 5.11. The van der Waals surface area contributed by atoms with Crippen LogP contribution in [0.3, 0.4) is 0 Å². The molecular formula is C19H19NO3. The fourth-order valence-corrected chi connectivity index (χ4v) is 1.87. The van der Waals surface area contributed by atoms with Gasteiger partial charge in [-0.2, -0.15) is 0 Å². The van der Waals surface area contributed by atoms with Crippen molar-refractivity contribution in [1.82, 2.24) is 5.32 Å². The van der Waals surface area contributed by atoms with Crippen molar-refractivity contribution in [3.8, 4) is 0 Å². The Morgan fingerprint density at radius 2 is 1.74 bits per heavy atom. The lowest BCUT2D eigenvalue weighted by Gasteiger charge is -2.06. The van der Waals surface area contributed by atoms with Gasteiger partial charge in [0.05, 0.1) is 0 Å². The van der Waals surface area contributed by atoms with Crippen LogP contribution in [0.15, 0.2) is 60.7 Å². The molecule has 23 heavy (non-hydrogen) atoms. The van der Waals surface area contributed by atoms with E-state index in [2.05, 4.69) is 5.32 Å². The van der Waals surface area contributed by atoms with E-state index in [9.17, 15) is 9.59 Å².